The van der Waals surface area contributed by atoms with E-state index in [1.807, 2.05) is 29.8 Å². The van der Waals surface area contributed by atoms with Gasteiger partial charge in [-0.05, 0) is 81.9 Å². The zero-order valence-electron chi connectivity index (χ0n) is 23.0. The van der Waals surface area contributed by atoms with Crippen molar-refractivity contribution in [3.8, 4) is 5.75 Å². The van der Waals surface area contributed by atoms with E-state index in [9.17, 15) is 4.79 Å². The van der Waals surface area contributed by atoms with E-state index in [0.29, 0.717) is 41.2 Å². The first kappa shape index (κ1) is 24.6. The van der Waals surface area contributed by atoms with Crippen molar-refractivity contribution < 1.29 is 9.53 Å². The average molecular weight is 531 g/mol. The van der Waals surface area contributed by atoms with E-state index in [0.717, 1.165) is 47.6 Å². The highest BCUT2D eigenvalue weighted by Gasteiger charge is 2.52. The van der Waals surface area contributed by atoms with Gasteiger partial charge in [0.05, 0.1) is 19.3 Å². The van der Waals surface area contributed by atoms with Gasteiger partial charge in [-0.2, -0.15) is 10.1 Å². The Bertz CT molecular complexity index is 1440. The van der Waals surface area contributed by atoms with Crippen molar-refractivity contribution in [1.29, 1.82) is 0 Å². The number of nitrogen functional groups attached to an aromatic ring is 1. The molecule has 3 aromatic rings. The van der Waals surface area contributed by atoms with Crippen LogP contribution in [0.25, 0.3) is 11.0 Å². The summed E-state index contributed by atoms with van der Waals surface area (Å²) in [5, 5.41) is 11.6. The van der Waals surface area contributed by atoms with E-state index in [1.54, 1.807) is 7.11 Å². The van der Waals surface area contributed by atoms with Gasteiger partial charge in [-0.25, -0.2) is 4.98 Å². The molecular weight excluding hydrogens is 492 g/mol. The van der Waals surface area contributed by atoms with Gasteiger partial charge in [0.1, 0.15) is 16.8 Å². The lowest BCUT2D eigenvalue weighted by Crippen LogP contribution is -2.44. The molecule has 1 saturated heterocycles. The number of ether oxygens (including phenoxy) is 1. The number of nitrogens with two attached hydrogens (primary N) is 1. The van der Waals surface area contributed by atoms with Crippen LogP contribution in [0.1, 0.15) is 60.1 Å². The molecule has 4 aliphatic rings. The minimum absolute atomic E-state index is 0.0419. The third kappa shape index (κ3) is 4.38. The summed E-state index contributed by atoms with van der Waals surface area (Å²) in [5.41, 5.74) is 10.7. The maximum absolute atomic E-state index is 13.1. The SMILES string of the molecule is COc1cc(C(=O)NC2C[C@H]3C[C@@H]2CN3C)ccc1Cn1nc(C)c2nc(N)nc(NCC3CC4(CC4)C3)c21. The van der Waals surface area contributed by atoms with Crippen LogP contribution in [0.3, 0.4) is 0 Å². The lowest BCUT2D eigenvalue weighted by molar-refractivity contribution is 0.0912. The number of likely N-dealkylation sites (tertiary alicyclic amines) is 1. The Morgan fingerprint density at radius 1 is 1.23 bits per heavy atom. The van der Waals surface area contributed by atoms with Crippen molar-refractivity contribution in [3.05, 3.63) is 35.0 Å². The maximum Gasteiger partial charge on any atom is 0.251 e. The van der Waals surface area contributed by atoms with Crippen molar-refractivity contribution in [2.45, 2.75) is 64.1 Å². The predicted octanol–water partition coefficient (Wildman–Crippen LogP) is 3.20. The number of piperidine rings is 1. The van der Waals surface area contributed by atoms with Crippen LogP contribution in [-0.2, 0) is 6.54 Å². The average Bonchev–Trinajstić information content (AvgIpc) is 3.36. The van der Waals surface area contributed by atoms with Crippen LogP contribution in [0, 0.1) is 24.2 Å². The quantitative estimate of drug-likeness (QED) is 0.406. The molecule has 3 heterocycles. The van der Waals surface area contributed by atoms with E-state index < -0.39 is 0 Å². The number of anilines is 2. The van der Waals surface area contributed by atoms with Gasteiger partial charge in [-0.1, -0.05) is 6.07 Å². The Labute approximate surface area is 228 Å². The van der Waals surface area contributed by atoms with Gasteiger partial charge in [0.15, 0.2) is 5.82 Å². The van der Waals surface area contributed by atoms with Crippen molar-refractivity contribution in [2.75, 3.05) is 38.3 Å². The molecule has 206 valence electrons. The number of nitrogens with one attached hydrogen (secondary N) is 2. The molecular formula is C29H38N8O2. The number of hydrogen-bond acceptors (Lipinski definition) is 8. The van der Waals surface area contributed by atoms with Crippen LogP contribution in [0.4, 0.5) is 11.8 Å². The second kappa shape index (κ2) is 9.08. The molecule has 4 fully saturated rings. The van der Waals surface area contributed by atoms with Gasteiger partial charge in [0, 0.05) is 36.3 Å². The summed E-state index contributed by atoms with van der Waals surface area (Å²) >= 11 is 0. The summed E-state index contributed by atoms with van der Waals surface area (Å²) in [7, 11) is 3.81. The summed E-state index contributed by atoms with van der Waals surface area (Å²) in [5.74, 6) is 2.80. The van der Waals surface area contributed by atoms with Gasteiger partial charge < -0.3 is 26.0 Å². The molecule has 7 rings (SSSR count). The monoisotopic (exact) mass is 530 g/mol. The molecule has 1 unspecified atom stereocenters. The van der Waals surface area contributed by atoms with Gasteiger partial charge in [-0.15, -0.1) is 0 Å². The Balaban J connectivity index is 1.10. The van der Waals surface area contributed by atoms with Gasteiger partial charge >= 0.3 is 0 Å². The van der Waals surface area contributed by atoms with Crippen molar-refractivity contribution in [2.24, 2.45) is 17.3 Å². The summed E-state index contributed by atoms with van der Waals surface area (Å²) in [6.07, 6.45) is 7.59. The van der Waals surface area contributed by atoms with Crippen LogP contribution in [-0.4, -0.2) is 69.9 Å². The summed E-state index contributed by atoms with van der Waals surface area (Å²) < 4.78 is 7.66. The van der Waals surface area contributed by atoms with Crippen LogP contribution in [0.15, 0.2) is 18.2 Å². The number of amides is 1. The number of carbonyl (C=O) groups excluding carboxylic acids is 1. The predicted molar refractivity (Wildman–Crippen MR) is 150 cm³/mol. The number of hydrogen-bond donors (Lipinski definition) is 3. The highest BCUT2D eigenvalue weighted by atomic mass is 16.5. The number of aryl methyl sites for hydroxylation is 1. The van der Waals surface area contributed by atoms with Gasteiger partial charge in [0.2, 0.25) is 5.95 Å². The van der Waals surface area contributed by atoms with Crippen LogP contribution in [0.2, 0.25) is 0 Å². The molecule has 3 atom stereocenters. The molecule has 10 nitrogen and oxygen atoms in total. The largest absolute Gasteiger partial charge is 0.496 e. The van der Waals surface area contributed by atoms with E-state index >= 15 is 0 Å². The number of rotatable bonds is 8. The second-order valence-electron chi connectivity index (χ2n) is 12.5. The first-order valence-corrected chi connectivity index (χ1v) is 14.2. The fourth-order valence-corrected chi connectivity index (χ4v) is 7.40. The third-order valence-electron chi connectivity index (χ3n) is 9.73. The highest BCUT2D eigenvalue weighted by molar-refractivity contribution is 5.95. The molecule has 2 aromatic heterocycles. The molecule has 3 saturated carbocycles. The summed E-state index contributed by atoms with van der Waals surface area (Å²) in [4.78, 5) is 24.6. The topological polar surface area (TPSA) is 123 Å². The van der Waals surface area contributed by atoms with Gasteiger partial charge in [-0.3, -0.25) is 9.48 Å². The number of nitrogens with zero attached hydrogens (tertiary/aromatic N) is 5. The molecule has 1 aliphatic heterocycles. The fourth-order valence-electron chi connectivity index (χ4n) is 7.40. The number of benzene rings is 1. The molecule has 4 N–H and O–H groups in total. The molecule has 0 radical (unpaired) electrons. The van der Waals surface area contributed by atoms with Gasteiger partial charge in [0.25, 0.3) is 5.91 Å². The zero-order chi connectivity index (χ0) is 26.9. The first-order chi connectivity index (χ1) is 18.8. The smallest absolute Gasteiger partial charge is 0.251 e. The van der Waals surface area contributed by atoms with Crippen molar-refractivity contribution >= 4 is 28.7 Å². The summed E-state index contributed by atoms with van der Waals surface area (Å²) in [6.45, 7) is 4.34. The van der Waals surface area contributed by atoms with Crippen molar-refractivity contribution in [1.82, 2.24) is 30.0 Å². The molecule has 2 bridgehead atoms. The molecule has 10 heteroatoms. The van der Waals surface area contributed by atoms with E-state index in [2.05, 4.69) is 32.5 Å². The van der Waals surface area contributed by atoms with E-state index in [1.165, 1.54) is 32.1 Å². The Kier molecular flexibility index (Phi) is 5.73. The Morgan fingerprint density at radius 2 is 2.05 bits per heavy atom. The minimum Gasteiger partial charge on any atom is -0.496 e. The fraction of sp³-hybridized carbons (Fsp3) is 0.586. The van der Waals surface area contributed by atoms with E-state index in [4.69, 9.17) is 15.6 Å². The molecule has 1 amide bonds. The molecule has 1 aromatic carbocycles. The summed E-state index contributed by atoms with van der Waals surface area (Å²) in [6, 6.07) is 6.51. The Hall–Kier alpha value is -3.40. The standard InChI is InChI=1S/C29H38N8O2/c1-16-24-25(26(34-28(30)33-24)31-13-17-11-29(12-17)6-7-29)37(35-16)15-19-5-4-18(9-23(19)39-3)27(38)32-22-10-21-8-20(22)14-36(21)2/h4-5,9,17,20-22H,6-8,10-15H2,1-3H3,(H,32,38)(H3,30,31,33,34)/t20-,21-,22?/m1/s1. The molecule has 3 aliphatic carbocycles. The molecule has 39 heavy (non-hydrogen) atoms. The Morgan fingerprint density at radius 3 is 2.74 bits per heavy atom. The minimum atomic E-state index is -0.0419. The number of fused-ring (bicyclic) bond motifs is 3. The van der Waals surface area contributed by atoms with Crippen LogP contribution in [0.5, 0.6) is 5.75 Å². The second-order valence-corrected chi connectivity index (χ2v) is 12.5. The molecule has 1 spiro atoms. The third-order valence-corrected chi connectivity index (χ3v) is 9.73. The number of aromatic nitrogens is 4. The number of methoxy groups -OCH3 is 1. The van der Waals surface area contributed by atoms with Crippen molar-refractivity contribution in [3.63, 3.8) is 0 Å². The lowest BCUT2D eigenvalue weighted by Gasteiger charge is -2.36. The van der Waals surface area contributed by atoms with Crippen LogP contribution >= 0.6 is 0 Å². The first-order valence-electron chi connectivity index (χ1n) is 14.2. The normalized spacial score (nSPS) is 25.3. The zero-order valence-corrected chi connectivity index (χ0v) is 23.0. The highest BCUT2D eigenvalue weighted by Crippen LogP contribution is 2.63. The lowest BCUT2D eigenvalue weighted by atomic mass is 9.72. The van der Waals surface area contributed by atoms with E-state index in [-0.39, 0.29) is 17.9 Å². The van der Waals surface area contributed by atoms with Crippen LogP contribution < -0.4 is 21.1 Å². The maximum atomic E-state index is 13.1. The number of carbonyl (C=O) groups is 1.